The Morgan fingerprint density at radius 3 is 2.57 bits per heavy atom. The molecule has 5 rings (SSSR count). The van der Waals surface area contributed by atoms with Crippen LogP contribution in [0.3, 0.4) is 0 Å². The van der Waals surface area contributed by atoms with Gasteiger partial charge in [0.15, 0.2) is 6.23 Å². The molecular formula is C23H23F3N6O3. The van der Waals surface area contributed by atoms with Crippen molar-refractivity contribution in [2.75, 3.05) is 5.32 Å². The molecule has 1 saturated carbocycles. The van der Waals surface area contributed by atoms with Crippen molar-refractivity contribution >= 4 is 17.4 Å². The summed E-state index contributed by atoms with van der Waals surface area (Å²) in [5, 5.41) is 26.1. The molecule has 2 aromatic heterocycles. The van der Waals surface area contributed by atoms with Crippen molar-refractivity contribution in [2.45, 2.75) is 56.8 Å². The lowest BCUT2D eigenvalue weighted by Crippen LogP contribution is -2.61. The van der Waals surface area contributed by atoms with Crippen LogP contribution >= 0.6 is 0 Å². The van der Waals surface area contributed by atoms with E-state index in [2.05, 4.69) is 26.0 Å². The van der Waals surface area contributed by atoms with Crippen LogP contribution in [0.2, 0.25) is 0 Å². The van der Waals surface area contributed by atoms with Crippen LogP contribution in [-0.4, -0.2) is 42.7 Å². The fraction of sp³-hybridized carbons (Fsp3) is 0.391. The summed E-state index contributed by atoms with van der Waals surface area (Å²) in [7, 11) is 0. The Labute approximate surface area is 197 Å². The van der Waals surface area contributed by atoms with Gasteiger partial charge in [0.25, 0.3) is 17.6 Å². The van der Waals surface area contributed by atoms with Crippen LogP contribution in [0.15, 0.2) is 30.5 Å². The maximum Gasteiger partial charge on any atom is 0.293 e. The Morgan fingerprint density at radius 1 is 1.23 bits per heavy atom. The molecule has 0 bridgehead atoms. The van der Waals surface area contributed by atoms with Crippen molar-refractivity contribution in [2.24, 2.45) is 0 Å². The number of carbonyl (C=O) groups excluding carboxylic acids is 2. The van der Waals surface area contributed by atoms with Crippen LogP contribution in [-0.2, 0) is 23.3 Å². The first-order chi connectivity index (χ1) is 16.6. The highest BCUT2D eigenvalue weighted by Gasteiger charge is 2.60. The lowest BCUT2D eigenvalue weighted by molar-refractivity contribution is -0.148. The zero-order valence-corrected chi connectivity index (χ0v) is 18.7. The van der Waals surface area contributed by atoms with Gasteiger partial charge < -0.3 is 20.3 Å². The number of aromatic amines is 1. The second-order valence-electron chi connectivity index (χ2n) is 9.07. The first-order valence-corrected chi connectivity index (χ1v) is 11.1. The molecule has 184 valence electrons. The zero-order valence-electron chi connectivity index (χ0n) is 18.7. The van der Waals surface area contributed by atoms with E-state index in [1.807, 2.05) is 0 Å². The second kappa shape index (κ2) is 8.22. The number of aliphatic hydroxyl groups is 1. The number of hydrogen-bond acceptors (Lipinski definition) is 6. The molecule has 9 nitrogen and oxygen atoms in total. The number of ketones is 1. The number of benzene rings is 1. The first kappa shape index (κ1) is 23.1. The Bertz CT molecular complexity index is 1280. The number of rotatable bonds is 7. The molecule has 2 aliphatic rings. The van der Waals surface area contributed by atoms with Crippen LogP contribution in [0, 0.1) is 12.7 Å². The van der Waals surface area contributed by atoms with Crippen LogP contribution in [0.25, 0.3) is 0 Å². The number of nitrogens with zero attached hydrogens (tertiary/aromatic N) is 3. The quantitative estimate of drug-likeness (QED) is 0.230. The fourth-order valence-corrected chi connectivity index (χ4v) is 5.16. The number of fused-ring (bicyclic) bond motifs is 1. The van der Waals surface area contributed by atoms with Gasteiger partial charge in [0.05, 0.1) is 23.0 Å². The third-order valence-corrected chi connectivity index (χ3v) is 6.68. The van der Waals surface area contributed by atoms with Crippen molar-refractivity contribution in [3.05, 3.63) is 64.5 Å². The number of nitrogens with one attached hydrogen (secondary N) is 3. The second-order valence-corrected chi connectivity index (χ2v) is 9.07. The van der Waals surface area contributed by atoms with Crippen molar-refractivity contribution in [1.82, 2.24) is 25.3 Å². The Hall–Kier alpha value is -3.67. The van der Waals surface area contributed by atoms with Gasteiger partial charge in [-0.05, 0) is 49.6 Å². The summed E-state index contributed by atoms with van der Waals surface area (Å²) in [6.45, 7) is 2.17. The average Bonchev–Trinajstić information content (AvgIpc) is 3.51. The highest BCUT2D eigenvalue weighted by molar-refractivity contribution is 6.43. The third kappa shape index (κ3) is 3.97. The minimum Gasteiger partial charge on any atom is -0.368 e. The molecule has 4 N–H and O–H groups in total. The fourth-order valence-electron chi connectivity index (χ4n) is 5.16. The van der Waals surface area contributed by atoms with Gasteiger partial charge in [-0.2, -0.15) is 15.4 Å². The molecule has 12 heteroatoms. The lowest BCUT2D eigenvalue weighted by Gasteiger charge is -2.46. The minimum absolute atomic E-state index is 0.128. The van der Waals surface area contributed by atoms with Crippen LogP contribution < -0.4 is 10.6 Å². The van der Waals surface area contributed by atoms with E-state index in [-0.39, 0.29) is 11.3 Å². The number of aromatic nitrogens is 4. The predicted molar refractivity (Wildman–Crippen MR) is 117 cm³/mol. The van der Waals surface area contributed by atoms with Crippen LogP contribution in [0.4, 0.5) is 18.9 Å². The molecule has 0 spiro atoms. The lowest BCUT2D eigenvalue weighted by atomic mass is 9.71. The highest BCUT2D eigenvalue weighted by Crippen LogP contribution is 2.51. The maximum absolute atomic E-state index is 13.8. The van der Waals surface area contributed by atoms with Gasteiger partial charge in [-0.15, -0.1) is 0 Å². The molecule has 35 heavy (non-hydrogen) atoms. The van der Waals surface area contributed by atoms with Crippen molar-refractivity contribution in [1.29, 1.82) is 0 Å². The summed E-state index contributed by atoms with van der Waals surface area (Å²) in [6, 6.07) is 5.44. The number of halogens is 3. The predicted octanol–water partition coefficient (Wildman–Crippen LogP) is 2.73. The monoisotopic (exact) mass is 488 g/mol. The van der Waals surface area contributed by atoms with Gasteiger partial charge in [0.1, 0.15) is 11.5 Å². The van der Waals surface area contributed by atoms with Gasteiger partial charge in [0.2, 0.25) is 0 Å². The zero-order chi connectivity index (χ0) is 25.0. The third-order valence-electron chi connectivity index (χ3n) is 6.68. The average molecular weight is 488 g/mol. The van der Waals surface area contributed by atoms with Crippen LogP contribution in [0.1, 0.15) is 58.5 Å². The molecule has 1 aliphatic carbocycles. The molecule has 3 aromatic rings. The first-order valence-electron chi connectivity index (χ1n) is 11.1. The summed E-state index contributed by atoms with van der Waals surface area (Å²) in [4.78, 5) is 26.3. The van der Waals surface area contributed by atoms with Crippen LogP contribution in [0.5, 0.6) is 0 Å². The molecule has 1 aromatic carbocycles. The normalized spacial score (nSPS) is 18.4. The van der Waals surface area contributed by atoms with E-state index in [0.29, 0.717) is 42.0 Å². The molecule has 1 unspecified atom stereocenters. The SMILES string of the molecule is Cc1c(C(=O)C(=O)NC2(c3cn[nH]n3)CC(F)(F)C2)c2n(c1C(O)Nc1ccc(F)cc1)CCC2. The summed E-state index contributed by atoms with van der Waals surface area (Å²) in [6.07, 6.45) is -0.132. The maximum atomic E-state index is 13.8. The number of hydrogen-bond donors (Lipinski definition) is 4. The number of alkyl halides is 2. The van der Waals surface area contributed by atoms with E-state index in [1.165, 1.54) is 30.5 Å². The van der Waals surface area contributed by atoms with Gasteiger partial charge in [0, 0.05) is 30.8 Å². The Kier molecular flexibility index (Phi) is 5.42. The van der Waals surface area contributed by atoms with E-state index in [0.717, 1.165) is 0 Å². The number of amides is 1. The summed E-state index contributed by atoms with van der Waals surface area (Å²) in [5.74, 6) is -5.31. The van der Waals surface area contributed by atoms with Gasteiger partial charge >= 0.3 is 0 Å². The van der Waals surface area contributed by atoms with E-state index in [4.69, 9.17) is 0 Å². The summed E-state index contributed by atoms with van der Waals surface area (Å²) < 4.78 is 42.6. The van der Waals surface area contributed by atoms with Gasteiger partial charge in [-0.25, -0.2) is 13.2 Å². The number of H-pyrrole nitrogens is 1. The van der Waals surface area contributed by atoms with Crippen molar-refractivity contribution in [3.8, 4) is 0 Å². The molecule has 1 fully saturated rings. The molecule has 1 amide bonds. The van der Waals surface area contributed by atoms with Crippen molar-refractivity contribution in [3.63, 3.8) is 0 Å². The van der Waals surface area contributed by atoms with E-state index in [9.17, 15) is 27.9 Å². The van der Waals surface area contributed by atoms with E-state index < -0.39 is 48.0 Å². The Morgan fingerprint density at radius 2 is 1.94 bits per heavy atom. The van der Waals surface area contributed by atoms with Gasteiger partial charge in [-0.1, -0.05) is 0 Å². The number of carbonyl (C=O) groups is 2. The minimum atomic E-state index is -2.99. The molecule has 0 radical (unpaired) electrons. The molecular weight excluding hydrogens is 465 g/mol. The Balaban J connectivity index is 1.42. The smallest absolute Gasteiger partial charge is 0.293 e. The van der Waals surface area contributed by atoms with Gasteiger partial charge in [-0.3, -0.25) is 9.59 Å². The van der Waals surface area contributed by atoms with Crippen molar-refractivity contribution < 1.29 is 27.9 Å². The largest absolute Gasteiger partial charge is 0.368 e. The topological polar surface area (TPSA) is 125 Å². The summed E-state index contributed by atoms with van der Waals surface area (Å²) >= 11 is 0. The molecule has 0 saturated heterocycles. The number of anilines is 1. The highest BCUT2D eigenvalue weighted by atomic mass is 19.3. The number of aliphatic hydroxyl groups excluding tert-OH is 1. The molecule has 3 heterocycles. The molecule has 1 aliphatic heterocycles. The van der Waals surface area contributed by atoms with E-state index in [1.54, 1.807) is 11.5 Å². The summed E-state index contributed by atoms with van der Waals surface area (Å²) in [5.41, 5.74) is 0.687. The number of Topliss-reactive ketones (excluding diaryl/α,β-unsaturated/α-hetero) is 1. The molecule has 1 atom stereocenters. The van der Waals surface area contributed by atoms with E-state index >= 15 is 0 Å². The standard InChI is InChI=1S/C23H23F3N6O3/c1-12-17(19(33)21(35)29-22(10-23(25,26)11-22)16-9-27-31-30-16)15-3-2-8-32(15)18(12)20(34)28-14-6-4-13(24)5-7-14/h4-7,9,20,28,34H,2-3,8,10-11H2,1H3,(H,29,35)(H,27,30,31).